The van der Waals surface area contributed by atoms with Gasteiger partial charge in [-0.25, -0.2) is 0 Å². The van der Waals surface area contributed by atoms with Crippen LogP contribution in [0.15, 0.2) is 24.3 Å². The number of para-hydroxylation sites is 1. The highest BCUT2D eigenvalue weighted by molar-refractivity contribution is 5.98. The second kappa shape index (κ2) is 6.20. The lowest BCUT2D eigenvalue weighted by Crippen LogP contribution is -2.62. The summed E-state index contributed by atoms with van der Waals surface area (Å²) >= 11 is 0. The number of carbonyl (C=O) groups excluding carboxylic acids is 2. The topological polar surface area (TPSA) is 67.9 Å². The highest BCUT2D eigenvalue weighted by Gasteiger charge is 2.43. The molecule has 3 rings (SSSR count). The van der Waals surface area contributed by atoms with Gasteiger partial charge in [0.05, 0.1) is 12.2 Å². The van der Waals surface area contributed by atoms with E-state index in [9.17, 15) is 9.59 Å². The number of hydrogen-bond acceptors (Lipinski definition) is 5. The molecule has 1 aromatic carbocycles. The molecule has 2 heterocycles. The number of piperidine rings is 1. The summed E-state index contributed by atoms with van der Waals surface area (Å²) < 4.78 is 11.2. The molecule has 0 unspecified atom stereocenters. The monoisotopic (exact) mass is 318 g/mol. The maximum atomic E-state index is 12.3. The van der Waals surface area contributed by atoms with Crippen LogP contribution in [-0.4, -0.2) is 48.2 Å². The first kappa shape index (κ1) is 15.8. The van der Waals surface area contributed by atoms with Crippen LogP contribution >= 0.6 is 0 Å². The van der Waals surface area contributed by atoms with Crippen LogP contribution < -0.4 is 10.1 Å². The molecule has 1 saturated heterocycles. The molecule has 1 atom stereocenters. The number of ether oxygens (including phenoxy) is 2. The van der Waals surface area contributed by atoms with Crippen LogP contribution in [0.1, 0.15) is 37.0 Å². The summed E-state index contributed by atoms with van der Waals surface area (Å²) in [6, 6.07) is 6.99. The Labute approximate surface area is 135 Å². The lowest BCUT2D eigenvalue weighted by molar-refractivity contribution is -0.150. The number of esters is 1. The average Bonchev–Trinajstić information content (AvgIpc) is 2.55. The van der Waals surface area contributed by atoms with Gasteiger partial charge in [-0.2, -0.15) is 0 Å². The minimum Gasteiger partial charge on any atom is -0.467 e. The van der Waals surface area contributed by atoms with Gasteiger partial charge in [0.15, 0.2) is 5.72 Å². The van der Waals surface area contributed by atoms with Gasteiger partial charge < -0.3 is 14.8 Å². The van der Waals surface area contributed by atoms with Crippen molar-refractivity contribution in [1.29, 1.82) is 0 Å². The predicted molar refractivity (Wildman–Crippen MR) is 84.2 cm³/mol. The van der Waals surface area contributed by atoms with E-state index in [-0.39, 0.29) is 17.9 Å². The van der Waals surface area contributed by atoms with Crippen molar-refractivity contribution >= 4 is 11.9 Å². The Morgan fingerprint density at radius 2 is 2.09 bits per heavy atom. The molecule has 0 radical (unpaired) electrons. The molecule has 1 amide bonds. The van der Waals surface area contributed by atoms with Crippen LogP contribution in [0.5, 0.6) is 5.75 Å². The Hall–Kier alpha value is -2.08. The van der Waals surface area contributed by atoms with E-state index in [1.165, 1.54) is 0 Å². The first-order valence-corrected chi connectivity index (χ1v) is 8.06. The zero-order valence-electron chi connectivity index (χ0n) is 13.5. The molecule has 124 valence electrons. The summed E-state index contributed by atoms with van der Waals surface area (Å²) in [5.41, 5.74) is -0.100. The number of nitrogens with one attached hydrogen (secondary N) is 1. The third kappa shape index (κ3) is 3.03. The molecule has 1 fully saturated rings. The van der Waals surface area contributed by atoms with Crippen molar-refractivity contribution in [3.63, 3.8) is 0 Å². The van der Waals surface area contributed by atoms with Gasteiger partial charge in [-0.15, -0.1) is 0 Å². The summed E-state index contributed by atoms with van der Waals surface area (Å²) in [7, 11) is 0. The van der Waals surface area contributed by atoms with Crippen molar-refractivity contribution in [2.24, 2.45) is 0 Å². The average molecular weight is 318 g/mol. The molecule has 23 heavy (non-hydrogen) atoms. The Bertz CT molecular complexity index is 608. The van der Waals surface area contributed by atoms with Gasteiger partial charge >= 0.3 is 5.97 Å². The number of likely N-dealkylation sites (tertiary alicyclic amines) is 1. The van der Waals surface area contributed by atoms with E-state index in [0.717, 1.165) is 0 Å². The molecule has 6 heteroatoms. The highest BCUT2D eigenvalue weighted by atomic mass is 16.5. The molecule has 6 nitrogen and oxygen atoms in total. The van der Waals surface area contributed by atoms with Crippen molar-refractivity contribution in [3.8, 4) is 5.75 Å². The van der Waals surface area contributed by atoms with Gasteiger partial charge in [0, 0.05) is 25.9 Å². The zero-order chi connectivity index (χ0) is 16.4. The van der Waals surface area contributed by atoms with E-state index in [1.807, 2.05) is 25.1 Å². The first-order valence-electron chi connectivity index (χ1n) is 8.06. The highest BCUT2D eigenvalue weighted by Crippen LogP contribution is 2.33. The predicted octanol–water partition coefficient (Wildman–Crippen LogP) is 1.55. The fraction of sp³-hybridized carbons (Fsp3) is 0.529. The van der Waals surface area contributed by atoms with Crippen molar-refractivity contribution in [1.82, 2.24) is 10.2 Å². The lowest BCUT2D eigenvalue weighted by Gasteiger charge is -2.45. The smallest absolute Gasteiger partial charge is 0.323 e. The number of rotatable bonds is 3. The van der Waals surface area contributed by atoms with E-state index in [4.69, 9.17) is 9.47 Å². The van der Waals surface area contributed by atoms with E-state index in [1.54, 1.807) is 13.0 Å². The molecule has 1 aromatic rings. The molecule has 0 aromatic heterocycles. The van der Waals surface area contributed by atoms with Crippen LogP contribution in [0.2, 0.25) is 0 Å². The van der Waals surface area contributed by atoms with Crippen LogP contribution in [0, 0.1) is 0 Å². The second-order valence-corrected chi connectivity index (χ2v) is 6.01. The van der Waals surface area contributed by atoms with Gasteiger partial charge in [0.1, 0.15) is 11.8 Å². The Morgan fingerprint density at radius 1 is 1.39 bits per heavy atom. The van der Waals surface area contributed by atoms with Gasteiger partial charge in [-0.05, 0) is 26.0 Å². The molecular formula is C17H22N2O4. The van der Waals surface area contributed by atoms with Gasteiger partial charge in [0.25, 0.3) is 5.91 Å². The van der Waals surface area contributed by atoms with Gasteiger partial charge in [-0.1, -0.05) is 12.1 Å². The quantitative estimate of drug-likeness (QED) is 0.857. The summed E-state index contributed by atoms with van der Waals surface area (Å²) in [5.74, 6) is 0.323. The molecule has 2 aliphatic rings. The van der Waals surface area contributed by atoms with E-state index in [0.29, 0.717) is 43.9 Å². The normalized spacial score (nSPS) is 21.0. The SMILES string of the molecule is CCOC(=O)[C@H](C)N1CCC2(CC1)NC(=O)c1ccccc1O2. The van der Waals surface area contributed by atoms with Crippen LogP contribution in [0.3, 0.4) is 0 Å². The number of carbonyl (C=O) groups is 2. The maximum Gasteiger partial charge on any atom is 0.323 e. The molecule has 0 saturated carbocycles. The zero-order valence-corrected chi connectivity index (χ0v) is 13.5. The Kier molecular flexibility index (Phi) is 4.26. The van der Waals surface area contributed by atoms with Crippen LogP contribution in [0.4, 0.5) is 0 Å². The standard InChI is InChI=1S/C17H22N2O4/c1-3-22-16(21)12(2)19-10-8-17(9-11-19)18-15(20)13-6-4-5-7-14(13)23-17/h4-7,12H,3,8-11H2,1-2H3,(H,18,20)/t12-/m0/s1. The van der Waals surface area contributed by atoms with E-state index in [2.05, 4.69) is 10.2 Å². The van der Waals surface area contributed by atoms with Crippen molar-refractivity contribution < 1.29 is 19.1 Å². The number of amides is 1. The van der Waals surface area contributed by atoms with Crippen molar-refractivity contribution in [2.75, 3.05) is 19.7 Å². The number of benzene rings is 1. The first-order chi connectivity index (χ1) is 11.0. The molecule has 0 aliphatic carbocycles. The molecule has 1 N–H and O–H groups in total. The van der Waals surface area contributed by atoms with E-state index >= 15 is 0 Å². The third-order valence-electron chi connectivity index (χ3n) is 4.56. The van der Waals surface area contributed by atoms with Crippen molar-refractivity contribution in [3.05, 3.63) is 29.8 Å². The second-order valence-electron chi connectivity index (χ2n) is 6.01. The Morgan fingerprint density at radius 3 is 2.78 bits per heavy atom. The maximum absolute atomic E-state index is 12.3. The molecule has 1 spiro atoms. The fourth-order valence-electron chi connectivity index (χ4n) is 3.16. The van der Waals surface area contributed by atoms with E-state index < -0.39 is 5.72 Å². The number of fused-ring (bicyclic) bond motifs is 1. The summed E-state index contributed by atoms with van der Waals surface area (Å²) in [5, 5.41) is 3.00. The van der Waals surface area contributed by atoms with Crippen molar-refractivity contribution in [2.45, 2.75) is 38.5 Å². The summed E-state index contributed by atoms with van der Waals surface area (Å²) in [4.78, 5) is 26.2. The largest absolute Gasteiger partial charge is 0.467 e. The number of hydrogen-bond donors (Lipinski definition) is 1. The molecular weight excluding hydrogens is 296 g/mol. The third-order valence-corrected chi connectivity index (χ3v) is 4.56. The Balaban J connectivity index is 1.67. The lowest BCUT2D eigenvalue weighted by atomic mass is 9.96. The van der Waals surface area contributed by atoms with Crippen LogP contribution in [-0.2, 0) is 9.53 Å². The minimum atomic E-state index is -0.670. The minimum absolute atomic E-state index is 0.0984. The summed E-state index contributed by atoms with van der Waals surface area (Å²) in [6.45, 7) is 5.38. The molecule has 2 aliphatic heterocycles. The summed E-state index contributed by atoms with van der Waals surface area (Å²) in [6.07, 6.45) is 1.27. The van der Waals surface area contributed by atoms with Gasteiger partial charge in [0.2, 0.25) is 0 Å². The number of nitrogens with zero attached hydrogens (tertiary/aromatic N) is 1. The van der Waals surface area contributed by atoms with Crippen LogP contribution in [0.25, 0.3) is 0 Å². The molecule has 0 bridgehead atoms. The fourth-order valence-corrected chi connectivity index (χ4v) is 3.16. The van der Waals surface area contributed by atoms with Gasteiger partial charge in [-0.3, -0.25) is 14.5 Å².